The number of hydrogen-bond acceptors (Lipinski definition) is 4. The molecular weight excluding hydrogens is 252 g/mol. The fraction of sp³-hybridized carbons (Fsp3) is 0.455. The van der Waals surface area contributed by atoms with E-state index in [1.807, 2.05) is 0 Å². The molecule has 1 saturated heterocycles. The van der Waals surface area contributed by atoms with Crippen LogP contribution in [0, 0.1) is 6.92 Å². The summed E-state index contributed by atoms with van der Waals surface area (Å²) in [5, 5.41) is 15.6. The summed E-state index contributed by atoms with van der Waals surface area (Å²) >= 11 is 0. The largest absolute Gasteiger partial charge is 0.480 e. The van der Waals surface area contributed by atoms with Crippen LogP contribution in [0.4, 0.5) is 0 Å². The number of nitrogens with one attached hydrogen (secondary N) is 1. The monoisotopic (exact) mass is 266 g/mol. The first kappa shape index (κ1) is 13.1. The van der Waals surface area contributed by atoms with E-state index in [0.29, 0.717) is 11.3 Å². The summed E-state index contributed by atoms with van der Waals surface area (Å²) in [5.74, 6) is -2.00. The number of carbonyl (C=O) groups excluding carboxylic acids is 2. The standard InChI is InChI=1S/C11H14N4O4/c1-6-7(4-14(2)13-6)10(17)15-5-9(16)12-3-8(15)11(18)19/h4,8H,3,5H2,1-2H3,(H,12,16)(H,18,19). The molecule has 2 amide bonds. The van der Waals surface area contributed by atoms with Crippen LogP contribution in [0.1, 0.15) is 16.1 Å². The number of nitrogens with zero attached hydrogens (tertiary/aromatic N) is 3. The number of aryl methyl sites for hydroxylation is 2. The predicted octanol–water partition coefficient (Wildman–Crippen LogP) is -1.25. The first-order valence-corrected chi connectivity index (χ1v) is 5.71. The topological polar surface area (TPSA) is 105 Å². The van der Waals surface area contributed by atoms with Crippen molar-refractivity contribution in [2.45, 2.75) is 13.0 Å². The van der Waals surface area contributed by atoms with Crippen molar-refractivity contribution in [1.29, 1.82) is 0 Å². The molecule has 1 atom stereocenters. The fourth-order valence-corrected chi connectivity index (χ4v) is 2.04. The van der Waals surface area contributed by atoms with E-state index in [4.69, 9.17) is 5.11 Å². The first-order valence-electron chi connectivity index (χ1n) is 5.71. The minimum Gasteiger partial charge on any atom is -0.480 e. The van der Waals surface area contributed by atoms with E-state index >= 15 is 0 Å². The van der Waals surface area contributed by atoms with Crippen molar-refractivity contribution in [2.24, 2.45) is 7.05 Å². The number of piperazine rings is 1. The van der Waals surface area contributed by atoms with Crippen molar-refractivity contribution >= 4 is 17.8 Å². The maximum atomic E-state index is 12.3. The summed E-state index contributed by atoms with van der Waals surface area (Å²) < 4.78 is 1.47. The second-order valence-corrected chi connectivity index (χ2v) is 4.39. The van der Waals surface area contributed by atoms with Gasteiger partial charge in [-0.15, -0.1) is 0 Å². The Balaban J connectivity index is 2.31. The zero-order valence-electron chi connectivity index (χ0n) is 10.6. The van der Waals surface area contributed by atoms with Crippen molar-refractivity contribution < 1.29 is 19.5 Å². The molecule has 1 aromatic heterocycles. The summed E-state index contributed by atoms with van der Waals surface area (Å²) in [6.07, 6.45) is 1.52. The van der Waals surface area contributed by atoms with Gasteiger partial charge in [-0.2, -0.15) is 5.10 Å². The highest BCUT2D eigenvalue weighted by Crippen LogP contribution is 2.13. The number of hydrogen-bond donors (Lipinski definition) is 2. The van der Waals surface area contributed by atoms with Crippen LogP contribution in [0.3, 0.4) is 0 Å². The highest BCUT2D eigenvalue weighted by Gasteiger charge is 2.36. The minimum atomic E-state index is -1.14. The number of aliphatic carboxylic acids is 1. The minimum absolute atomic E-state index is 0.0841. The van der Waals surface area contributed by atoms with Gasteiger partial charge in [-0.25, -0.2) is 4.79 Å². The van der Waals surface area contributed by atoms with Gasteiger partial charge in [0.05, 0.1) is 11.3 Å². The number of rotatable bonds is 2. The smallest absolute Gasteiger partial charge is 0.328 e. The highest BCUT2D eigenvalue weighted by atomic mass is 16.4. The van der Waals surface area contributed by atoms with E-state index in [9.17, 15) is 14.4 Å². The van der Waals surface area contributed by atoms with Gasteiger partial charge in [0.2, 0.25) is 5.91 Å². The van der Waals surface area contributed by atoms with Crippen molar-refractivity contribution in [1.82, 2.24) is 20.0 Å². The predicted molar refractivity (Wildman–Crippen MR) is 63.4 cm³/mol. The van der Waals surface area contributed by atoms with Crippen molar-refractivity contribution in [3.8, 4) is 0 Å². The molecule has 2 heterocycles. The average molecular weight is 266 g/mol. The summed E-state index contributed by atoms with van der Waals surface area (Å²) in [5.41, 5.74) is 0.811. The molecule has 0 aromatic carbocycles. The Labute approximate surface area is 109 Å². The molecule has 1 fully saturated rings. The van der Waals surface area contributed by atoms with Crippen LogP contribution in [0.5, 0.6) is 0 Å². The molecule has 1 aliphatic rings. The fourth-order valence-electron chi connectivity index (χ4n) is 2.04. The average Bonchev–Trinajstić information content (AvgIpc) is 2.67. The molecule has 1 aromatic rings. The molecule has 0 spiro atoms. The van der Waals surface area contributed by atoms with Crippen molar-refractivity contribution in [2.75, 3.05) is 13.1 Å². The molecule has 0 saturated carbocycles. The van der Waals surface area contributed by atoms with Gasteiger partial charge < -0.3 is 15.3 Å². The normalized spacial score (nSPS) is 19.2. The third-order valence-corrected chi connectivity index (χ3v) is 2.97. The number of carboxylic acids is 1. The Hall–Kier alpha value is -2.38. The number of carboxylic acid groups (broad SMARTS) is 1. The number of carbonyl (C=O) groups is 3. The first-order chi connectivity index (χ1) is 8.90. The molecule has 2 rings (SSSR count). The molecule has 1 aliphatic heterocycles. The Morgan fingerprint density at radius 3 is 2.74 bits per heavy atom. The van der Waals surface area contributed by atoms with Crippen molar-refractivity contribution in [3.63, 3.8) is 0 Å². The number of amides is 2. The lowest BCUT2D eigenvalue weighted by Crippen LogP contribution is -2.59. The third-order valence-electron chi connectivity index (χ3n) is 2.97. The Morgan fingerprint density at radius 2 is 2.21 bits per heavy atom. The van der Waals surface area contributed by atoms with Gasteiger partial charge in [0.15, 0.2) is 0 Å². The second-order valence-electron chi connectivity index (χ2n) is 4.39. The number of aromatic nitrogens is 2. The lowest BCUT2D eigenvalue weighted by atomic mass is 10.1. The lowest BCUT2D eigenvalue weighted by molar-refractivity contribution is -0.144. The molecule has 2 N–H and O–H groups in total. The summed E-state index contributed by atoms with van der Waals surface area (Å²) in [7, 11) is 1.67. The molecule has 19 heavy (non-hydrogen) atoms. The van der Waals surface area contributed by atoms with Crippen LogP contribution in [0.25, 0.3) is 0 Å². The quantitative estimate of drug-likeness (QED) is 0.696. The van der Waals surface area contributed by atoms with E-state index in [1.54, 1.807) is 14.0 Å². The maximum absolute atomic E-state index is 12.3. The van der Waals surface area contributed by atoms with Gasteiger partial charge in [-0.3, -0.25) is 14.3 Å². The van der Waals surface area contributed by atoms with Crippen LogP contribution in [0.2, 0.25) is 0 Å². The van der Waals surface area contributed by atoms with Gasteiger partial charge in [-0.05, 0) is 6.92 Å². The molecular formula is C11H14N4O4. The zero-order valence-corrected chi connectivity index (χ0v) is 10.6. The van der Waals surface area contributed by atoms with Gasteiger partial charge in [-0.1, -0.05) is 0 Å². The van der Waals surface area contributed by atoms with Crippen LogP contribution < -0.4 is 5.32 Å². The molecule has 102 valence electrons. The summed E-state index contributed by atoms with van der Waals surface area (Å²) in [6.45, 7) is 1.32. The van der Waals surface area contributed by atoms with Gasteiger partial charge >= 0.3 is 5.97 Å². The lowest BCUT2D eigenvalue weighted by Gasteiger charge is -2.32. The van der Waals surface area contributed by atoms with Crippen LogP contribution in [0.15, 0.2) is 6.20 Å². The molecule has 0 aliphatic carbocycles. The van der Waals surface area contributed by atoms with E-state index in [1.165, 1.54) is 10.9 Å². The SMILES string of the molecule is Cc1nn(C)cc1C(=O)N1CC(=O)NCC1C(=O)O. The van der Waals surface area contributed by atoms with E-state index in [0.717, 1.165) is 4.90 Å². The molecule has 0 radical (unpaired) electrons. The third kappa shape index (κ3) is 2.42. The Morgan fingerprint density at radius 1 is 1.53 bits per heavy atom. The molecule has 8 heteroatoms. The zero-order chi connectivity index (χ0) is 14.2. The summed E-state index contributed by atoms with van der Waals surface area (Å²) in [6, 6.07) is -1.05. The van der Waals surface area contributed by atoms with E-state index < -0.39 is 17.9 Å². The van der Waals surface area contributed by atoms with E-state index in [-0.39, 0.29) is 19.0 Å². The van der Waals surface area contributed by atoms with Gasteiger partial charge in [0.1, 0.15) is 12.6 Å². The maximum Gasteiger partial charge on any atom is 0.328 e. The van der Waals surface area contributed by atoms with Gasteiger partial charge in [0, 0.05) is 19.8 Å². The molecule has 1 unspecified atom stereocenters. The van der Waals surface area contributed by atoms with Crippen molar-refractivity contribution in [3.05, 3.63) is 17.5 Å². The Bertz CT molecular complexity index is 551. The molecule has 8 nitrogen and oxygen atoms in total. The summed E-state index contributed by atoms with van der Waals surface area (Å²) in [4.78, 5) is 35.9. The van der Waals surface area contributed by atoms with Crippen LogP contribution >= 0.6 is 0 Å². The highest BCUT2D eigenvalue weighted by molar-refractivity contribution is 6.00. The van der Waals surface area contributed by atoms with Crippen LogP contribution in [-0.4, -0.2) is 56.7 Å². The van der Waals surface area contributed by atoms with Crippen LogP contribution in [-0.2, 0) is 16.6 Å². The second kappa shape index (κ2) is 4.71. The van der Waals surface area contributed by atoms with Gasteiger partial charge in [0.25, 0.3) is 5.91 Å². The molecule has 0 bridgehead atoms. The Kier molecular flexibility index (Phi) is 3.24. The van der Waals surface area contributed by atoms with E-state index in [2.05, 4.69) is 10.4 Å².